The van der Waals surface area contributed by atoms with Gasteiger partial charge in [-0.25, -0.2) is 0 Å². The van der Waals surface area contributed by atoms with Gasteiger partial charge in [-0.2, -0.15) is 0 Å². The maximum atomic E-state index is 12.2. The van der Waals surface area contributed by atoms with Gasteiger partial charge in [-0.1, -0.05) is 42.5 Å². The van der Waals surface area contributed by atoms with E-state index in [1.165, 1.54) is 6.20 Å². The van der Waals surface area contributed by atoms with Crippen LogP contribution < -0.4 is 10.6 Å². The minimum Gasteiger partial charge on any atom is -0.350 e. The van der Waals surface area contributed by atoms with Crippen LogP contribution in [0.2, 0.25) is 0 Å². The van der Waals surface area contributed by atoms with E-state index < -0.39 is 0 Å². The number of benzene rings is 2. The number of amides is 2. The van der Waals surface area contributed by atoms with Gasteiger partial charge < -0.3 is 10.6 Å². The molecule has 5 nitrogen and oxygen atoms in total. The molecule has 26 heavy (non-hydrogen) atoms. The Morgan fingerprint density at radius 3 is 1.92 bits per heavy atom. The van der Waals surface area contributed by atoms with Crippen molar-refractivity contribution in [3.8, 4) is 11.1 Å². The van der Waals surface area contributed by atoms with Crippen LogP contribution in [-0.2, 0) is 0 Å². The first kappa shape index (κ1) is 17.4. The van der Waals surface area contributed by atoms with E-state index in [9.17, 15) is 9.59 Å². The van der Waals surface area contributed by atoms with E-state index in [0.717, 1.165) is 11.1 Å². The van der Waals surface area contributed by atoms with E-state index in [1.54, 1.807) is 30.5 Å². The second-order valence-corrected chi connectivity index (χ2v) is 5.70. The van der Waals surface area contributed by atoms with Gasteiger partial charge in [0.05, 0.1) is 5.56 Å². The molecule has 130 valence electrons. The van der Waals surface area contributed by atoms with Crippen LogP contribution in [-0.4, -0.2) is 29.9 Å². The summed E-state index contributed by atoms with van der Waals surface area (Å²) in [5.74, 6) is -0.375. The Bertz CT molecular complexity index is 863. The smallest absolute Gasteiger partial charge is 0.252 e. The summed E-state index contributed by atoms with van der Waals surface area (Å²) in [7, 11) is 0. The molecule has 0 unspecified atom stereocenters. The topological polar surface area (TPSA) is 71.1 Å². The third kappa shape index (κ3) is 4.54. The van der Waals surface area contributed by atoms with Crippen LogP contribution in [0.4, 0.5) is 0 Å². The Hall–Kier alpha value is -3.47. The lowest BCUT2D eigenvalue weighted by Crippen LogP contribution is -2.34. The molecule has 0 radical (unpaired) electrons. The number of hydrogen-bond donors (Lipinski definition) is 2. The predicted molar refractivity (Wildman–Crippen MR) is 101 cm³/mol. The quantitative estimate of drug-likeness (QED) is 0.675. The summed E-state index contributed by atoms with van der Waals surface area (Å²) in [6.07, 6.45) is 3.11. The zero-order chi connectivity index (χ0) is 18.2. The SMILES string of the molecule is O=C(NCCNC(=O)c1cccnc1)c1ccc(-c2ccccc2)cc1. The number of pyridine rings is 1. The molecule has 0 bridgehead atoms. The molecule has 0 saturated carbocycles. The Labute approximate surface area is 152 Å². The summed E-state index contributed by atoms with van der Waals surface area (Å²) >= 11 is 0. The summed E-state index contributed by atoms with van der Waals surface area (Å²) < 4.78 is 0. The fourth-order valence-corrected chi connectivity index (χ4v) is 2.50. The summed E-state index contributed by atoms with van der Waals surface area (Å²) in [5.41, 5.74) is 3.25. The van der Waals surface area contributed by atoms with Gasteiger partial charge in [0, 0.05) is 31.0 Å². The number of hydrogen-bond acceptors (Lipinski definition) is 3. The number of rotatable bonds is 6. The van der Waals surface area contributed by atoms with Crippen molar-refractivity contribution in [2.45, 2.75) is 0 Å². The fraction of sp³-hybridized carbons (Fsp3) is 0.0952. The average Bonchev–Trinajstić information content (AvgIpc) is 2.72. The standard InChI is InChI=1S/C21H19N3O2/c25-20(23-13-14-24-21(26)19-7-4-12-22-15-19)18-10-8-17(9-11-18)16-5-2-1-3-6-16/h1-12,15H,13-14H2,(H,23,25)(H,24,26). The molecule has 0 fully saturated rings. The van der Waals surface area contributed by atoms with Gasteiger partial charge in [0.2, 0.25) is 0 Å². The highest BCUT2D eigenvalue weighted by Gasteiger charge is 2.07. The lowest BCUT2D eigenvalue weighted by atomic mass is 10.0. The molecule has 0 aliphatic rings. The predicted octanol–water partition coefficient (Wildman–Crippen LogP) is 2.91. The molecule has 0 atom stereocenters. The van der Waals surface area contributed by atoms with Gasteiger partial charge >= 0.3 is 0 Å². The number of carbonyl (C=O) groups is 2. The minimum absolute atomic E-state index is 0.166. The number of nitrogens with zero attached hydrogens (tertiary/aromatic N) is 1. The zero-order valence-corrected chi connectivity index (χ0v) is 14.2. The fourth-order valence-electron chi connectivity index (χ4n) is 2.50. The Morgan fingerprint density at radius 1 is 0.692 bits per heavy atom. The Balaban J connectivity index is 1.47. The third-order valence-electron chi connectivity index (χ3n) is 3.87. The highest BCUT2D eigenvalue weighted by atomic mass is 16.2. The highest BCUT2D eigenvalue weighted by molar-refractivity contribution is 5.95. The normalized spacial score (nSPS) is 10.2. The van der Waals surface area contributed by atoms with Gasteiger partial charge in [-0.3, -0.25) is 14.6 Å². The van der Waals surface area contributed by atoms with Crippen molar-refractivity contribution >= 4 is 11.8 Å². The van der Waals surface area contributed by atoms with Gasteiger partial charge in [0.25, 0.3) is 11.8 Å². The van der Waals surface area contributed by atoms with Crippen LogP contribution in [0.25, 0.3) is 11.1 Å². The number of nitrogens with one attached hydrogen (secondary N) is 2. The van der Waals surface area contributed by atoms with Crippen LogP contribution in [0, 0.1) is 0 Å². The molecular weight excluding hydrogens is 326 g/mol. The van der Waals surface area contributed by atoms with Gasteiger partial charge in [0.1, 0.15) is 0 Å². The lowest BCUT2D eigenvalue weighted by Gasteiger charge is -2.08. The zero-order valence-electron chi connectivity index (χ0n) is 14.2. The highest BCUT2D eigenvalue weighted by Crippen LogP contribution is 2.19. The molecule has 2 amide bonds. The van der Waals surface area contributed by atoms with Gasteiger partial charge in [-0.05, 0) is 35.4 Å². The van der Waals surface area contributed by atoms with E-state index in [0.29, 0.717) is 24.2 Å². The second kappa shape index (κ2) is 8.58. The molecule has 2 aromatic carbocycles. The van der Waals surface area contributed by atoms with Gasteiger partial charge in [-0.15, -0.1) is 0 Å². The molecular formula is C21H19N3O2. The molecule has 1 aromatic heterocycles. The van der Waals surface area contributed by atoms with E-state index in [1.807, 2.05) is 42.5 Å². The summed E-state index contributed by atoms with van der Waals surface area (Å²) in [5, 5.41) is 5.54. The van der Waals surface area contributed by atoms with Crippen molar-refractivity contribution in [1.82, 2.24) is 15.6 Å². The maximum absolute atomic E-state index is 12.2. The Kier molecular flexibility index (Phi) is 5.72. The van der Waals surface area contributed by atoms with E-state index in [-0.39, 0.29) is 11.8 Å². The van der Waals surface area contributed by atoms with Crippen LogP contribution in [0.15, 0.2) is 79.1 Å². The van der Waals surface area contributed by atoms with Crippen molar-refractivity contribution < 1.29 is 9.59 Å². The maximum Gasteiger partial charge on any atom is 0.252 e. The number of carbonyl (C=O) groups excluding carboxylic acids is 2. The van der Waals surface area contributed by atoms with Crippen molar-refractivity contribution in [3.05, 3.63) is 90.3 Å². The van der Waals surface area contributed by atoms with Crippen LogP contribution in [0.5, 0.6) is 0 Å². The van der Waals surface area contributed by atoms with Crippen LogP contribution in [0.3, 0.4) is 0 Å². The van der Waals surface area contributed by atoms with Crippen molar-refractivity contribution in [2.75, 3.05) is 13.1 Å². The number of aromatic nitrogens is 1. The van der Waals surface area contributed by atoms with E-state index >= 15 is 0 Å². The second-order valence-electron chi connectivity index (χ2n) is 5.70. The molecule has 0 saturated heterocycles. The first-order valence-corrected chi connectivity index (χ1v) is 8.36. The molecule has 0 aliphatic carbocycles. The molecule has 2 N–H and O–H groups in total. The Morgan fingerprint density at radius 2 is 1.31 bits per heavy atom. The average molecular weight is 345 g/mol. The minimum atomic E-state index is -0.209. The summed E-state index contributed by atoms with van der Waals surface area (Å²) in [6.45, 7) is 0.701. The molecule has 5 heteroatoms. The largest absolute Gasteiger partial charge is 0.350 e. The summed E-state index contributed by atoms with van der Waals surface area (Å²) in [4.78, 5) is 27.9. The molecule has 3 rings (SSSR count). The molecule has 1 heterocycles. The summed E-state index contributed by atoms with van der Waals surface area (Å²) in [6, 6.07) is 20.8. The van der Waals surface area contributed by atoms with Crippen LogP contribution in [0.1, 0.15) is 20.7 Å². The molecule has 0 aliphatic heterocycles. The molecule has 0 spiro atoms. The monoisotopic (exact) mass is 345 g/mol. The van der Waals surface area contributed by atoms with Crippen molar-refractivity contribution in [3.63, 3.8) is 0 Å². The third-order valence-corrected chi connectivity index (χ3v) is 3.87. The lowest BCUT2D eigenvalue weighted by molar-refractivity contribution is 0.0927. The van der Waals surface area contributed by atoms with E-state index in [2.05, 4.69) is 15.6 Å². The molecule has 3 aromatic rings. The van der Waals surface area contributed by atoms with E-state index in [4.69, 9.17) is 0 Å². The van der Waals surface area contributed by atoms with Crippen LogP contribution >= 0.6 is 0 Å². The first-order chi connectivity index (χ1) is 12.7. The van der Waals surface area contributed by atoms with Gasteiger partial charge in [0.15, 0.2) is 0 Å². The first-order valence-electron chi connectivity index (χ1n) is 8.36. The van der Waals surface area contributed by atoms with Crippen molar-refractivity contribution in [1.29, 1.82) is 0 Å². The van der Waals surface area contributed by atoms with Crippen molar-refractivity contribution in [2.24, 2.45) is 0 Å².